The lowest BCUT2D eigenvalue weighted by Gasteiger charge is -2.33. The van der Waals surface area contributed by atoms with Crippen LogP contribution in [0.15, 0.2) is 18.2 Å². The van der Waals surface area contributed by atoms with Crippen LogP contribution in [0, 0.1) is 17.1 Å². The summed E-state index contributed by atoms with van der Waals surface area (Å²) in [6.07, 6.45) is 0.793. The van der Waals surface area contributed by atoms with E-state index < -0.39 is 5.82 Å². The topological polar surface area (TPSA) is 64.4 Å². The second-order valence-corrected chi connectivity index (χ2v) is 4.98. The molecule has 1 aliphatic heterocycles. The zero-order chi connectivity index (χ0) is 15.4. The smallest absolute Gasteiger partial charge is 0.242 e. The molecule has 2 amide bonds. The molecule has 110 valence electrons. The highest BCUT2D eigenvalue weighted by Crippen LogP contribution is 2.15. The number of benzene rings is 1. The van der Waals surface area contributed by atoms with E-state index >= 15 is 0 Å². The first kappa shape index (κ1) is 15.0. The highest BCUT2D eigenvalue weighted by molar-refractivity contribution is 5.92. The Hall–Kier alpha value is -2.42. The van der Waals surface area contributed by atoms with Gasteiger partial charge in [-0.15, -0.1) is 0 Å². The third kappa shape index (κ3) is 3.37. The van der Waals surface area contributed by atoms with Gasteiger partial charge < -0.3 is 9.80 Å². The van der Waals surface area contributed by atoms with Crippen molar-refractivity contribution in [2.45, 2.75) is 19.9 Å². The van der Waals surface area contributed by atoms with Crippen LogP contribution in [0.25, 0.3) is 0 Å². The Kier molecular flexibility index (Phi) is 4.53. The van der Waals surface area contributed by atoms with Crippen LogP contribution in [-0.4, -0.2) is 41.2 Å². The van der Waals surface area contributed by atoms with E-state index in [1.165, 1.54) is 28.0 Å². The summed E-state index contributed by atoms with van der Waals surface area (Å²) in [5.41, 5.74) is 0.732. The molecule has 2 rings (SSSR count). The summed E-state index contributed by atoms with van der Waals surface area (Å²) in [7, 11) is 0. The maximum atomic E-state index is 13.3. The second-order valence-electron chi connectivity index (χ2n) is 4.98. The Bertz CT molecular complexity index is 609. The SMILES string of the molecule is CCCN1CC(=O)N(Cc2cc(F)ccc2C#N)CC1=O. The monoisotopic (exact) mass is 289 g/mol. The van der Waals surface area contributed by atoms with Gasteiger partial charge in [0, 0.05) is 13.1 Å². The molecule has 0 aromatic heterocycles. The van der Waals surface area contributed by atoms with Crippen LogP contribution in [-0.2, 0) is 16.1 Å². The predicted molar refractivity (Wildman–Crippen MR) is 73.4 cm³/mol. The lowest BCUT2D eigenvalue weighted by atomic mass is 10.1. The minimum atomic E-state index is -0.465. The Balaban J connectivity index is 2.14. The Morgan fingerprint density at radius 3 is 2.57 bits per heavy atom. The fraction of sp³-hybridized carbons (Fsp3) is 0.400. The zero-order valence-corrected chi connectivity index (χ0v) is 11.8. The van der Waals surface area contributed by atoms with Gasteiger partial charge >= 0.3 is 0 Å². The molecule has 1 aromatic carbocycles. The number of carbonyl (C=O) groups is 2. The van der Waals surface area contributed by atoms with Gasteiger partial charge in [-0.1, -0.05) is 6.92 Å². The van der Waals surface area contributed by atoms with E-state index in [0.717, 1.165) is 6.42 Å². The molecule has 0 saturated carbocycles. The van der Waals surface area contributed by atoms with Crippen molar-refractivity contribution < 1.29 is 14.0 Å². The molecule has 0 unspecified atom stereocenters. The van der Waals surface area contributed by atoms with E-state index in [9.17, 15) is 14.0 Å². The molecule has 1 aromatic rings. The second kappa shape index (κ2) is 6.35. The van der Waals surface area contributed by atoms with Gasteiger partial charge in [0.2, 0.25) is 11.8 Å². The minimum Gasteiger partial charge on any atom is -0.332 e. The molecule has 1 aliphatic rings. The average Bonchev–Trinajstić information content (AvgIpc) is 2.45. The average molecular weight is 289 g/mol. The van der Waals surface area contributed by atoms with Gasteiger partial charge in [-0.3, -0.25) is 9.59 Å². The van der Waals surface area contributed by atoms with Crippen LogP contribution in [0.4, 0.5) is 4.39 Å². The summed E-state index contributed by atoms with van der Waals surface area (Å²) in [5.74, 6) is -0.769. The van der Waals surface area contributed by atoms with Crippen molar-refractivity contribution in [1.29, 1.82) is 5.26 Å². The third-order valence-electron chi connectivity index (χ3n) is 3.40. The molecule has 1 saturated heterocycles. The Morgan fingerprint density at radius 1 is 1.24 bits per heavy atom. The first-order chi connectivity index (χ1) is 10.0. The molecule has 1 heterocycles. The van der Waals surface area contributed by atoms with Gasteiger partial charge in [0.15, 0.2) is 0 Å². The van der Waals surface area contributed by atoms with E-state index in [4.69, 9.17) is 5.26 Å². The first-order valence-electron chi connectivity index (χ1n) is 6.79. The van der Waals surface area contributed by atoms with Crippen molar-refractivity contribution >= 4 is 11.8 Å². The summed E-state index contributed by atoms with van der Waals surface area (Å²) in [6, 6.07) is 5.78. The van der Waals surface area contributed by atoms with E-state index in [1.54, 1.807) is 0 Å². The van der Waals surface area contributed by atoms with Crippen LogP contribution < -0.4 is 0 Å². The number of piperazine rings is 1. The molecular formula is C15H16FN3O2. The van der Waals surface area contributed by atoms with Crippen LogP contribution in [0.2, 0.25) is 0 Å². The van der Waals surface area contributed by atoms with Gasteiger partial charge in [-0.25, -0.2) is 4.39 Å². The number of nitriles is 1. The van der Waals surface area contributed by atoms with E-state index in [0.29, 0.717) is 17.7 Å². The molecule has 0 bridgehead atoms. The molecule has 1 fully saturated rings. The van der Waals surface area contributed by atoms with Gasteiger partial charge in [-0.2, -0.15) is 5.26 Å². The molecule has 0 spiro atoms. The molecule has 0 N–H and O–H groups in total. The number of nitrogens with zero attached hydrogens (tertiary/aromatic N) is 3. The van der Waals surface area contributed by atoms with Crippen LogP contribution in [0.1, 0.15) is 24.5 Å². The van der Waals surface area contributed by atoms with Crippen molar-refractivity contribution in [3.05, 3.63) is 35.1 Å². The highest BCUT2D eigenvalue weighted by atomic mass is 19.1. The summed E-state index contributed by atoms with van der Waals surface area (Å²) >= 11 is 0. The molecule has 5 nitrogen and oxygen atoms in total. The Morgan fingerprint density at radius 2 is 1.90 bits per heavy atom. The van der Waals surface area contributed by atoms with E-state index in [-0.39, 0.29) is 31.4 Å². The Labute approximate surface area is 122 Å². The molecular weight excluding hydrogens is 273 g/mol. The number of halogens is 1. The summed E-state index contributed by atoms with van der Waals surface area (Å²) in [6.45, 7) is 2.59. The molecule has 0 atom stereocenters. The van der Waals surface area contributed by atoms with Gasteiger partial charge in [0.25, 0.3) is 0 Å². The minimum absolute atomic E-state index is 0.0276. The number of amides is 2. The maximum Gasteiger partial charge on any atom is 0.242 e. The fourth-order valence-corrected chi connectivity index (χ4v) is 2.33. The lowest BCUT2D eigenvalue weighted by molar-refractivity contribution is -0.150. The lowest BCUT2D eigenvalue weighted by Crippen LogP contribution is -2.53. The van der Waals surface area contributed by atoms with Gasteiger partial charge in [0.1, 0.15) is 12.4 Å². The molecule has 0 radical (unpaired) electrons. The zero-order valence-electron chi connectivity index (χ0n) is 11.8. The predicted octanol–water partition coefficient (Wildman–Crippen LogP) is 1.28. The highest BCUT2D eigenvalue weighted by Gasteiger charge is 2.29. The number of carbonyl (C=O) groups excluding carboxylic acids is 2. The molecule has 0 aliphatic carbocycles. The first-order valence-corrected chi connectivity index (χ1v) is 6.79. The molecule has 21 heavy (non-hydrogen) atoms. The quantitative estimate of drug-likeness (QED) is 0.838. The molecule has 6 heteroatoms. The van der Waals surface area contributed by atoms with Crippen LogP contribution in [0.3, 0.4) is 0 Å². The number of hydrogen-bond donors (Lipinski definition) is 0. The van der Waals surface area contributed by atoms with Crippen molar-refractivity contribution in [1.82, 2.24) is 9.80 Å². The van der Waals surface area contributed by atoms with Crippen LogP contribution in [0.5, 0.6) is 0 Å². The normalized spacial score (nSPS) is 15.3. The fourth-order valence-electron chi connectivity index (χ4n) is 2.33. The number of rotatable bonds is 4. The standard InChI is InChI=1S/C15H16FN3O2/c1-2-5-18-9-15(21)19(10-14(18)20)8-12-6-13(16)4-3-11(12)7-17/h3-4,6H,2,5,8-10H2,1H3. The van der Waals surface area contributed by atoms with Crippen LogP contribution >= 0.6 is 0 Å². The van der Waals surface area contributed by atoms with Crippen molar-refractivity contribution in [3.8, 4) is 6.07 Å². The van der Waals surface area contributed by atoms with Crippen molar-refractivity contribution in [2.24, 2.45) is 0 Å². The summed E-state index contributed by atoms with van der Waals surface area (Å²) < 4.78 is 13.3. The van der Waals surface area contributed by atoms with Crippen molar-refractivity contribution in [3.63, 3.8) is 0 Å². The van der Waals surface area contributed by atoms with Crippen molar-refractivity contribution in [2.75, 3.05) is 19.6 Å². The van der Waals surface area contributed by atoms with Gasteiger partial charge in [-0.05, 0) is 30.2 Å². The van der Waals surface area contributed by atoms with E-state index in [1.807, 2.05) is 13.0 Å². The summed E-state index contributed by atoms with van der Waals surface area (Å²) in [4.78, 5) is 26.9. The third-order valence-corrected chi connectivity index (χ3v) is 3.40. The summed E-state index contributed by atoms with van der Waals surface area (Å²) in [5, 5.41) is 9.02. The largest absolute Gasteiger partial charge is 0.332 e. The van der Waals surface area contributed by atoms with E-state index in [2.05, 4.69) is 0 Å². The van der Waals surface area contributed by atoms with Gasteiger partial charge in [0.05, 0.1) is 18.2 Å². The maximum absolute atomic E-state index is 13.3. The number of hydrogen-bond acceptors (Lipinski definition) is 3.